The molecular weight excluding hydrogens is 609 g/mol. The number of carbonyl (C=O) groups is 2. The summed E-state index contributed by atoms with van der Waals surface area (Å²) >= 11 is 0. The molecule has 1 N–H and O–H groups in total. The van der Waals surface area contributed by atoms with Crippen molar-refractivity contribution >= 4 is 21.9 Å². The van der Waals surface area contributed by atoms with Crippen LogP contribution in [-0.4, -0.2) is 59.9 Å². The summed E-state index contributed by atoms with van der Waals surface area (Å²) in [7, 11) is -4.32. The number of alkyl halides is 3. The first-order chi connectivity index (χ1) is 20.8. The third kappa shape index (κ3) is 7.83. The van der Waals surface area contributed by atoms with Gasteiger partial charge in [-0.2, -0.15) is 18.3 Å². The minimum Gasteiger partial charge on any atom is -0.569 e. The SMILES string of the molecule is CCC(=O)OCO/N=[N+](\[O-])N1CCC(C(=O)NS(=O)(=O)c2ccc(-n3nc(C(F)(F)F)cc3-c3ccc(C)cc3)cc2)CC1. The van der Waals surface area contributed by atoms with Crippen LogP contribution < -0.4 is 4.72 Å². The number of aryl methyl sites for hydroxylation is 1. The van der Waals surface area contributed by atoms with Crippen LogP contribution in [-0.2, 0) is 35.4 Å². The normalized spacial score (nSPS) is 14.8. The Balaban J connectivity index is 1.41. The summed E-state index contributed by atoms with van der Waals surface area (Å²) in [5, 5.41) is 20.2. The third-order valence-corrected chi connectivity index (χ3v) is 8.11. The second kappa shape index (κ2) is 13.3. The molecule has 1 saturated heterocycles. The highest BCUT2D eigenvalue weighted by Crippen LogP contribution is 2.33. The summed E-state index contributed by atoms with van der Waals surface area (Å²) in [6, 6.07) is 12.6. The van der Waals surface area contributed by atoms with Gasteiger partial charge in [0, 0.05) is 17.9 Å². The standard InChI is InChI=1S/C27H29F3N6O7S/c1-3-25(37)42-17-43-33-36(39)34-14-12-20(13-15-34)26(38)32-44(40,41)22-10-8-21(9-11-22)35-23(16-24(31-35)27(28,29)30)19-6-4-18(2)5-7-19/h4-11,16,20H,3,12-15,17H2,1-2H3,(H,32,38)/b36-33-. The lowest BCUT2D eigenvalue weighted by Crippen LogP contribution is -2.44. The molecule has 2 aromatic carbocycles. The number of hydrogen-bond acceptors (Lipinski definition) is 9. The molecular formula is C27H29F3N6O7S. The Kier molecular flexibility index (Phi) is 9.76. The highest BCUT2D eigenvalue weighted by molar-refractivity contribution is 7.90. The van der Waals surface area contributed by atoms with Crippen LogP contribution in [0.15, 0.2) is 64.8 Å². The van der Waals surface area contributed by atoms with Crippen molar-refractivity contribution in [2.45, 2.75) is 44.2 Å². The fourth-order valence-electron chi connectivity index (χ4n) is 4.31. The smallest absolute Gasteiger partial charge is 0.435 e. The molecule has 0 radical (unpaired) electrons. The van der Waals surface area contributed by atoms with Crippen LogP contribution in [0, 0.1) is 18.0 Å². The third-order valence-electron chi connectivity index (χ3n) is 6.75. The molecule has 44 heavy (non-hydrogen) atoms. The molecule has 236 valence electrons. The van der Waals surface area contributed by atoms with Gasteiger partial charge in [-0.25, -0.2) is 17.8 Å². The number of halogens is 3. The molecule has 2 heterocycles. The largest absolute Gasteiger partial charge is 0.569 e. The number of carbonyl (C=O) groups excluding carboxylic acids is 2. The van der Waals surface area contributed by atoms with E-state index in [1.54, 1.807) is 31.2 Å². The molecule has 0 unspecified atom stereocenters. The van der Waals surface area contributed by atoms with Gasteiger partial charge in [0.15, 0.2) is 5.69 Å². The van der Waals surface area contributed by atoms with Crippen molar-refractivity contribution in [1.29, 1.82) is 0 Å². The van der Waals surface area contributed by atoms with Crippen molar-refractivity contribution in [2.75, 3.05) is 19.9 Å². The van der Waals surface area contributed by atoms with Gasteiger partial charge in [0.1, 0.15) is 0 Å². The summed E-state index contributed by atoms with van der Waals surface area (Å²) in [6.45, 7) is 3.04. The van der Waals surface area contributed by atoms with E-state index < -0.39 is 46.5 Å². The monoisotopic (exact) mass is 638 g/mol. The van der Waals surface area contributed by atoms with Gasteiger partial charge in [0.05, 0.1) is 34.3 Å². The van der Waals surface area contributed by atoms with Gasteiger partial charge >= 0.3 is 12.1 Å². The Morgan fingerprint density at radius 1 is 1.11 bits per heavy atom. The van der Waals surface area contributed by atoms with Crippen molar-refractivity contribution in [3.05, 3.63) is 71.1 Å². The molecule has 4 rings (SSSR count). The molecule has 0 spiro atoms. The number of esters is 1. The van der Waals surface area contributed by atoms with E-state index in [-0.39, 0.29) is 53.6 Å². The molecule has 0 aliphatic carbocycles. The van der Waals surface area contributed by atoms with Gasteiger partial charge in [-0.15, -0.1) is 5.01 Å². The number of amides is 1. The first-order valence-corrected chi connectivity index (χ1v) is 14.9. The van der Waals surface area contributed by atoms with Crippen LogP contribution in [0.5, 0.6) is 0 Å². The fraction of sp³-hybridized carbons (Fsp3) is 0.370. The van der Waals surface area contributed by atoms with Gasteiger partial charge in [0.25, 0.3) is 16.8 Å². The van der Waals surface area contributed by atoms with Crippen LogP contribution in [0.3, 0.4) is 0 Å². The molecule has 13 nitrogen and oxygen atoms in total. The van der Waals surface area contributed by atoms with Crippen molar-refractivity contribution in [2.24, 2.45) is 11.2 Å². The number of aromatic nitrogens is 2. The average molecular weight is 639 g/mol. The maximum Gasteiger partial charge on any atom is 0.435 e. The molecule has 1 aliphatic rings. The first kappa shape index (κ1) is 32.2. The highest BCUT2D eigenvalue weighted by atomic mass is 32.2. The zero-order valence-corrected chi connectivity index (χ0v) is 24.5. The first-order valence-electron chi connectivity index (χ1n) is 13.4. The second-order valence-electron chi connectivity index (χ2n) is 9.83. The number of rotatable bonds is 10. The van der Waals surface area contributed by atoms with Gasteiger partial charge in [-0.05, 0) is 50.1 Å². The zero-order valence-electron chi connectivity index (χ0n) is 23.7. The lowest BCUT2D eigenvalue weighted by Gasteiger charge is -2.27. The molecule has 1 amide bonds. The molecule has 0 bridgehead atoms. The number of benzene rings is 2. The van der Waals surface area contributed by atoms with Crippen molar-refractivity contribution in [3.63, 3.8) is 0 Å². The van der Waals surface area contributed by atoms with E-state index in [9.17, 15) is 36.4 Å². The van der Waals surface area contributed by atoms with Crippen LogP contribution in [0.25, 0.3) is 16.9 Å². The van der Waals surface area contributed by atoms with Crippen LogP contribution in [0.2, 0.25) is 0 Å². The lowest BCUT2D eigenvalue weighted by atomic mass is 9.97. The van der Waals surface area contributed by atoms with Gasteiger partial charge < -0.3 is 14.8 Å². The van der Waals surface area contributed by atoms with E-state index in [0.717, 1.165) is 28.4 Å². The number of nitrogens with zero attached hydrogens (tertiary/aromatic N) is 5. The lowest BCUT2D eigenvalue weighted by molar-refractivity contribution is -0.713. The van der Waals surface area contributed by atoms with Crippen molar-refractivity contribution in [3.8, 4) is 16.9 Å². The molecule has 1 fully saturated rings. The van der Waals surface area contributed by atoms with Crippen LogP contribution in [0.4, 0.5) is 13.2 Å². The number of hydrazine groups is 1. The number of piperidine rings is 1. The Morgan fingerprint density at radius 2 is 1.75 bits per heavy atom. The van der Waals surface area contributed by atoms with E-state index in [2.05, 4.69) is 20.0 Å². The fourth-order valence-corrected chi connectivity index (χ4v) is 5.35. The van der Waals surface area contributed by atoms with Gasteiger partial charge in [0.2, 0.25) is 11.2 Å². The summed E-state index contributed by atoms with van der Waals surface area (Å²) in [6.07, 6.45) is -4.29. The Labute approximate surface area is 250 Å². The van der Waals surface area contributed by atoms with E-state index in [4.69, 9.17) is 0 Å². The predicted molar refractivity (Wildman–Crippen MR) is 147 cm³/mol. The minimum atomic E-state index is -4.70. The topological polar surface area (TPSA) is 158 Å². The Hall–Kier alpha value is -4.67. The number of ether oxygens (including phenoxy) is 1. The maximum atomic E-state index is 13.5. The average Bonchev–Trinajstić information content (AvgIpc) is 3.46. The number of sulfonamides is 1. The summed E-state index contributed by atoms with van der Waals surface area (Å²) in [5.41, 5.74) is 0.616. The quantitative estimate of drug-likeness (QED) is 0.0862. The van der Waals surface area contributed by atoms with Crippen LogP contribution in [0.1, 0.15) is 37.4 Å². The van der Waals surface area contributed by atoms with Crippen LogP contribution >= 0.6 is 0 Å². The molecule has 1 aromatic heterocycles. The van der Waals surface area contributed by atoms with Gasteiger partial charge in [-0.1, -0.05) is 36.8 Å². The molecule has 17 heteroatoms. The summed E-state index contributed by atoms with van der Waals surface area (Å²) < 4.78 is 74.1. The van der Waals surface area contributed by atoms with Gasteiger partial charge in [-0.3, -0.25) is 9.59 Å². The predicted octanol–water partition coefficient (Wildman–Crippen LogP) is 4.10. The second-order valence-corrected chi connectivity index (χ2v) is 11.5. The van der Waals surface area contributed by atoms with E-state index in [0.29, 0.717) is 5.56 Å². The molecule has 0 atom stereocenters. The highest BCUT2D eigenvalue weighted by Gasteiger charge is 2.35. The van der Waals surface area contributed by atoms with Crippen molar-refractivity contribution < 1.29 is 45.7 Å². The summed E-state index contributed by atoms with van der Waals surface area (Å²) in [5.74, 6) is -2.02. The van der Waals surface area contributed by atoms with E-state index in [1.807, 2.05) is 11.6 Å². The van der Waals surface area contributed by atoms with Crippen molar-refractivity contribution in [1.82, 2.24) is 19.5 Å². The number of hydrogen-bond donors (Lipinski definition) is 1. The molecule has 3 aromatic rings. The minimum absolute atomic E-state index is 0.0744. The molecule has 0 saturated carbocycles. The van der Waals surface area contributed by atoms with E-state index >= 15 is 0 Å². The van der Waals surface area contributed by atoms with E-state index in [1.165, 1.54) is 17.1 Å². The zero-order chi connectivity index (χ0) is 32.1. The number of nitrogens with one attached hydrogen (secondary N) is 1. The Bertz CT molecular complexity index is 1620. The summed E-state index contributed by atoms with van der Waals surface area (Å²) in [4.78, 5) is 28.3. The Morgan fingerprint density at radius 3 is 2.34 bits per heavy atom. The molecule has 1 aliphatic heterocycles. The maximum absolute atomic E-state index is 13.5.